The first-order valence-electron chi connectivity index (χ1n) is 8.42. The van der Waals surface area contributed by atoms with Gasteiger partial charge in [-0.2, -0.15) is 0 Å². The van der Waals surface area contributed by atoms with E-state index in [1.54, 1.807) is 0 Å². The number of rotatable bonds is 3. The van der Waals surface area contributed by atoms with Crippen molar-refractivity contribution >= 4 is 17.5 Å². The Morgan fingerprint density at radius 2 is 1.88 bits per heavy atom. The fourth-order valence-electron chi connectivity index (χ4n) is 3.67. The largest absolute Gasteiger partial charge is 0.348 e. The van der Waals surface area contributed by atoms with Gasteiger partial charge in [0.05, 0.1) is 5.69 Å². The molecule has 0 radical (unpaired) electrons. The third kappa shape index (κ3) is 2.48. The van der Waals surface area contributed by atoms with E-state index in [1.807, 2.05) is 48.2 Å². The predicted octanol–water partition coefficient (Wildman–Crippen LogP) is 2.76. The first-order chi connectivity index (χ1) is 11.6. The minimum absolute atomic E-state index is 0.0485. The third-order valence-electron chi connectivity index (χ3n) is 5.01. The maximum absolute atomic E-state index is 12.6. The van der Waals surface area contributed by atoms with E-state index in [1.165, 1.54) is 5.56 Å². The molecule has 4 nitrogen and oxygen atoms in total. The van der Waals surface area contributed by atoms with Crippen LogP contribution >= 0.6 is 0 Å². The van der Waals surface area contributed by atoms with Crippen LogP contribution < -0.4 is 10.2 Å². The number of hydrogen-bond donors (Lipinski definition) is 1. The topological polar surface area (TPSA) is 49.4 Å². The standard InChI is InChI=1S/C20H20N2O2/c1-13-4-2-3-5-16(13)12-21-20(24)17-10-14-6-7-18(23)22-9-8-15(11-17)19(14)22/h2-5,10-11H,6-9,12H2,1H3,(H,21,24). The van der Waals surface area contributed by atoms with Crippen LogP contribution in [0.4, 0.5) is 5.69 Å². The van der Waals surface area contributed by atoms with Gasteiger partial charge in [-0.3, -0.25) is 9.59 Å². The molecule has 0 spiro atoms. The van der Waals surface area contributed by atoms with Crippen LogP contribution in [0.5, 0.6) is 0 Å². The van der Waals surface area contributed by atoms with Crippen LogP contribution in [0, 0.1) is 6.92 Å². The molecule has 122 valence electrons. The van der Waals surface area contributed by atoms with E-state index in [0.717, 1.165) is 41.8 Å². The van der Waals surface area contributed by atoms with Crippen LogP contribution in [0.25, 0.3) is 0 Å². The zero-order valence-electron chi connectivity index (χ0n) is 13.8. The summed E-state index contributed by atoms with van der Waals surface area (Å²) in [6.07, 6.45) is 2.12. The summed E-state index contributed by atoms with van der Waals surface area (Å²) >= 11 is 0. The molecule has 0 atom stereocenters. The van der Waals surface area contributed by atoms with Crippen molar-refractivity contribution in [2.24, 2.45) is 0 Å². The summed E-state index contributed by atoms with van der Waals surface area (Å²) in [4.78, 5) is 26.4. The second kappa shape index (κ2) is 5.78. The van der Waals surface area contributed by atoms with E-state index in [2.05, 4.69) is 5.32 Å². The maximum atomic E-state index is 12.6. The second-order valence-corrected chi connectivity index (χ2v) is 6.55. The van der Waals surface area contributed by atoms with E-state index < -0.39 is 0 Å². The molecule has 24 heavy (non-hydrogen) atoms. The highest BCUT2D eigenvalue weighted by molar-refractivity contribution is 6.01. The Morgan fingerprint density at radius 1 is 1.12 bits per heavy atom. The van der Waals surface area contributed by atoms with E-state index >= 15 is 0 Å². The molecule has 0 unspecified atom stereocenters. The van der Waals surface area contributed by atoms with Gasteiger partial charge in [0.2, 0.25) is 5.91 Å². The van der Waals surface area contributed by atoms with Gasteiger partial charge in [-0.25, -0.2) is 0 Å². The monoisotopic (exact) mass is 320 g/mol. The lowest BCUT2D eigenvalue weighted by Gasteiger charge is -2.25. The number of nitrogens with one attached hydrogen (secondary N) is 1. The zero-order valence-corrected chi connectivity index (χ0v) is 13.8. The van der Waals surface area contributed by atoms with Crippen molar-refractivity contribution < 1.29 is 9.59 Å². The number of amides is 2. The van der Waals surface area contributed by atoms with Gasteiger partial charge >= 0.3 is 0 Å². The van der Waals surface area contributed by atoms with Gasteiger partial charge < -0.3 is 10.2 Å². The molecule has 2 aliphatic heterocycles. The summed E-state index contributed by atoms with van der Waals surface area (Å²) in [7, 11) is 0. The summed E-state index contributed by atoms with van der Waals surface area (Å²) in [5.41, 5.74) is 6.32. The Bertz CT molecular complexity index is 842. The number of nitrogens with zero attached hydrogens (tertiary/aromatic N) is 1. The lowest BCUT2D eigenvalue weighted by molar-refractivity contribution is -0.118. The number of hydrogen-bond acceptors (Lipinski definition) is 2. The highest BCUT2D eigenvalue weighted by Crippen LogP contribution is 2.37. The SMILES string of the molecule is Cc1ccccc1CNC(=O)c1cc2c3c(c1)CCN3C(=O)CC2. The smallest absolute Gasteiger partial charge is 0.251 e. The highest BCUT2D eigenvalue weighted by Gasteiger charge is 2.31. The van der Waals surface area contributed by atoms with Gasteiger partial charge in [-0.05, 0) is 54.2 Å². The Balaban J connectivity index is 1.56. The fraction of sp³-hybridized carbons (Fsp3) is 0.300. The number of carbonyl (C=O) groups is 2. The van der Waals surface area contributed by atoms with Gasteiger partial charge in [-0.1, -0.05) is 24.3 Å². The van der Waals surface area contributed by atoms with Crippen molar-refractivity contribution in [3.63, 3.8) is 0 Å². The first-order valence-corrected chi connectivity index (χ1v) is 8.42. The quantitative estimate of drug-likeness (QED) is 0.945. The molecule has 0 aliphatic carbocycles. The van der Waals surface area contributed by atoms with Crippen LogP contribution in [-0.2, 0) is 24.2 Å². The van der Waals surface area contributed by atoms with Crippen molar-refractivity contribution in [1.29, 1.82) is 0 Å². The van der Waals surface area contributed by atoms with Crippen LogP contribution in [-0.4, -0.2) is 18.4 Å². The van der Waals surface area contributed by atoms with Crippen LogP contribution in [0.2, 0.25) is 0 Å². The highest BCUT2D eigenvalue weighted by atomic mass is 16.2. The number of carbonyl (C=O) groups excluding carboxylic acids is 2. The maximum Gasteiger partial charge on any atom is 0.251 e. The molecule has 0 fully saturated rings. The van der Waals surface area contributed by atoms with E-state index in [9.17, 15) is 9.59 Å². The summed E-state index contributed by atoms with van der Waals surface area (Å²) in [5, 5.41) is 3.02. The molecule has 2 aliphatic rings. The van der Waals surface area contributed by atoms with Gasteiger partial charge in [0, 0.05) is 25.1 Å². The third-order valence-corrected chi connectivity index (χ3v) is 5.01. The second-order valence-electron chi connectivity index (χ2n) is 6.55. The van der Waals surface area contributed by atoms with Gasteiger partial charge in [-0.15, -0.1) is 0 Å². The molecular formula is C20H20N2O2. The Morgan fingerprint density at radius 3 is 2.67 bits per heavy atom. The molecule has 2 heterocycles. The minimum atomic E-state index is -0.0485. The molecule has 0 bridgehead atoms. The predicted molar refractivity (Wildman–Crippen MR) is 93.2 cm³/mol. The summed E-state index contributed by atoms with van der Waals surface area (Å²) in [6.45, 7) is 3.32. The molecule has 0 aromatic heterocycles. The van der Waals surface area contributed by atoms with Gasteiger partial charge in [0.25, 0.3) is 5.91 Å². The number of benzene rings is 2. The van der Waals surface area contributed by atoms with E-state index in [0.29, 0.717) is 18.5 Å². The summed E-state index contributed by atoms with van der Waals surface area (Å²) in [6, 6.07) is 12.0. The Hall–Kier alpha value is -2.62. The molecule has 2 aromatic carbocycles. The normalized spacial score (nSPS) is 15.4. The van der Waals surface area contributed by atoms with Gasteiger partial charge in [0.1, 0.15) is 0 Å². The molecule has 0 saturated carbocycles. The lowest BCUT2D eigenvalue weighted by atomic mass is 9.96. The molecule has 1 N–H and O–H groups in total. The number of aryl methyl sites for hydroxylation is 2. The van der Waals surface area contributed by atoms with Crippen molar-refractivity contribution in [3.05, 3.63) is 64.2 Å². The zero-order chi connectivity index (χ0) is 16.7. The molecule has 4 heteroatoms. The summed E-state index contributed by atoms with van der Waals surface area (Å²) < 4.78 is 0. The Kier molecular flexibility index (Phi) is 3.60. The van der Waals surface area contributed by atoms with Crippen molar-refractivity contribution in [3.8, 4) is 0 Å². The average Bonchev–Trinajstić information content (AvgIpc) is 3.02. The van der Waals surface area contributed by atoms with Crippen molar-refractivity contribution in [2.75, 3.05) is 11.4 Å². The first kappa shape index (κ1) is 14.9. The number of anilines is 1. The van der Waals surface area contributed by atoms with Crippen molar-refractivity contribution in [2.45, 2.75) is 32.7 Å². The molecule has 2 aromatic rings. The molecule has 4 rings (SSSR count). The van der Waals surface area contributed by atoms with Crippen molar-refractivity contribution in [1.82, 2.24) is 5.32 Å². The molecule has 0 saturated heterocycles. The van der Waals surface area contributed by atoms with Crippen LogP contribution in [0.3, 0.4) is 0 Å². The van der Waals surface area contributed by atoms with Crippen LogP contribution in [0.1, 0.15) is 39.0 Å². The lowest BCUT2D eigenvalue weighted by Crippen LogP contribution is -2.33. The van der Waals surface area contributed by atoms with E-state index in [-0.39, 0.29) is 11.8 Å². The average molecular weight is 320 g/mol. The van der Waals surface area contributed by atoms with Crippen LogP contribution in [0.15, 0.2) is 36.4 Å². The Labute approximate surface area is 141 Å². The minimum Gasteiger partial charge on any atom is -0.348 e. The molecular weight excluding hydrogens is 300 g/mol. The molecule has 2 amide bonds. The summed E-state index contributed by atoms with van der Waals surface area (Å²) in [5.74, 6) is 0.158. The van der Waals surface area contributed by atoms with E-state index in [4.69, 9.17) is 0 Å². The van der Waals surface area contributed by atoms with Gasteiger partial charge in [0.15, 0.2) is 0 Å². The fourth-order valence-corrected chi connectivity index (χ4v) is 3.67.